The molecule has 11 nitrogen and oxygen atoms in total. The van der Waals surface area contributed by atoms with Gasteiger partial charge in [-0.2, -0.15) is 24.3 Å². The molecule has 0 atom stereocenters. The van der Waals surface area contributed by atoms with Crippen LogP contribution in [-0.4, -0.2) is 50.8 Å². The largest absolute Gasteiger partial charge is 1.00 e. The van der Waals surface area contributed by atoms with Crippen LogP contribution in [-0.2, 0) is 31.3 Å². The number of hydrogen-bond acceptors (Lipinski definition) is 11. The number of aldehydes is 2. The molecular weight excluding hydrogens is 522 g/mol. The number of carbonyl (C=O) groups excluding carboxylic acids is 2. The van der Waals surface area contributed by atoms with Crippen LogP contribution >= 0.6 is 11.6 Å². The van der Waals surface area contributed by atoms with Crippen LogP contribution in [0.15, 0.2) is 47.4 Å². The van der Waals surface area contributed by atoms with Crippen molar-refractivity contribution in [1.29, 1.82) is 0 Å². The molecule has 0 aliphatic heterocycles. The van der Waals surface area contributed by atoms with Crippen molar-refractivity contribution >= 4 is 55.5 Å². The topological polar surface area (TPSA) is 194 Å². The van der Waals surface area contributed by atoms with E-state index < -0.39 is 36.2 Å². The van der Waals surface area contributed by atoms with Crippen LogP contribution < -0.4 is 59.1 Å². The Balaban J connectivity index is -0.000000170. The summed E-state index contributed by atoms with van der Waals surface area (Å²) < 4.78 is 82.1. The summed E-state index contributed by atoms with van der Waals surface area (Å²) in [4.78, 5) is 19.9. The van der Waals surface area contributed by atoms with Gasteiger partial charge in [-0.15, -0.1) is 25.3 Å². The van der Waals surface area contributed by atoms with Gasteiger partial charge in [0.05, 0.1) is 11.3 Å². The fourth-order valence-electron chi connectivity index (χ4n) is 1.32. The first-order valence-electron chi connectivity index (χ1n) is 6.51. The molecule has 0 aromatic heterocycles. The average molecular weight is 531 g/mol. The van der Waals surface area contributed by atoms with E-state index in [4.69, 9.17) is 36.9 Å². The second-order valence-corrected chi connectivity index (χ2v) is 6.66. The summed E-state index contributed by atoms with van der Waals surface area (Å²) in [5.41, 5.74) is 0.381. The van der Waals surface area contributed by atoms with Gasteiger partial charge in [-0.25, -0.2) is 8.42 Å². The summed E-state index contributed by atoms with van der Waals surface area (Å²) in [6.45, 7) is 0. The van der Waals surface area contributed by atoms with Gasteiger partial charge in [-0.1, -0.05) is 35.4 Å². The first kappa shape index (κ1) is 37.5. The minimum atomic E-state index is -4.55. The number of hydrogen-bond donors (Lipinski definition) is 0. The monoisotopic (exact) mass is 530 g/mol. The van der Waals surface area contributed by atoms with E-state index in [2.05, 4.69) is 6.07 Å². The fourth-order valence-corrected chi connectivity index (χ4v) is 2.13. The zero-order valence-corrected chi connectivity index (χ0v) is 23.0. The zero-order valence-electron chi connectivity index (χ0n) is 15.8. The normalized spacial score (nSPS) is 8.45. The quantitative estimate of drug-likeness (QED) is 0.159. The van der Waals surface area contributed by atoms with Crippen LogP contribution in [0.2, 0.25) is 5.02 Å². The molecule has 31 heavy (non-hydrogen) atoms. The molecule has 0 aliphatic carbocycles. The van der Waals surface area contributed by atoms with E-state index in [9.17, 15) is 22.6 Å². The van der Waals surface area contributed by atoms with Crippen molar-refractivity contribution in [3.05, 3.63) is 64.7 Å². The maximum atomic E-state index is 10.5. The first-order valence-corrected chi connectivity index (χ1v) is 10.3. The van der Waals surface area contributed by atoms with Gasteiger partial charge < -0.3 is 9.35 Å². The maximum Gasteiger partial charge on any atom is 1.00 e. The molecule has 158 valence electrons. The molecular formula is C14H9ClNa2O11S3. The van der Waals surface area contributed by atoms with Gasteiger partial charge in [0.2, 0.25) is 0 Å². The molecule has 0 saturated heterocycles. The number of rotatable bonds is 3. The standard InChI is InChI=1S/C7H5ClO.C7H5O4S.2Na.2O3S/c8-7-4-2-1-3-6(7)5-9;8-5-6-3-1-2-4-7(6)12(9,10)11;;;2*1-4(2)3/h1-5H;2-5H,(H,9,10,11);;;;/q;-1;2*+1;;/p-1. The van der Waals surface area contributed by atoms with Gasteiger partial charge in [-0.3, -0.25) is 4.79 Å². The summed E-state index contributed by atoms with van der Waals surface area (Å²) in [5, 5.41) is 0.507. The molecule has 0 fully saturated rings. The molecule has 0 N–H and O–H groups in total. The Hall–Kier alpha value is -0.780. The Morgan fingerprint density at radius 1 is 0.839 bits per heavy atom. The second-order valence-electron chi connectivity index (χ2n) is 4.08. The van der Waals surface area contributed by atoms with Crippen LogP contribution in [0.1, 0.15) is 20.7 Å². The van der Waals surface area contributed by atoms with Crippen molar-refractivity contribution in [2.75, 3.05) is 0 Å². The predicted octanol–water partition coefficient (Wildman–Crippen LogP) is -5.64. The molecule has 2 aromatic carbocycles. The second kappa shape index (κ2) is 21.1. The van der Waals surface area contributed by atoms with Gasteiger partial charge in [0, 0.05) is 5.56 Å². The van der Waals surface area contributed by atoms with Crippen LogP contribution in [0.4, 0.5) is 0 Å². The van der Waals surface area contributed by atoms with Crippen molar-refractivity contribution in [3.8, 4) is 0 Å². The van der Waals surface area contributed by atoms with Crippen molar-refractivity contribution in [1.82, 2.24) is 0 Å². The molecule has 0 unspecified atom stereocenters. The van der Waals surface area contributed by atoms with Crippen molar-refractivity contribution < 1.29 is 107 Å². The summed E-state index contributed by atoms with van der Waals surface area (Å²) in [6, 6.07) is 12.9. The smallest absolute Gasteiger partial charge is 0.746 e. The zero-order chi connectivity index (χ0) is 23.0. The molecule has 0 aliphatic rings. The van der Waals surface area contributed by atoms with E-state index in [1.807, 2.05) is 0 Å². The molecule has 2 aromatic rings. The predicted molar refractivity (Wildman–Crippen MR) is 94.9 cm³/mol. The summed E-state index contributed by atoms with van der Waals surface area (Å²) in [6.07, 6.45) is 1.05. The average Bonchev–Trinajstić information content (AvgIpc) is 2.61. The number of benzene rings is 2. The SMILES string of the molecule is O=Cc1c[c-]ccc1S(=O)(=O)[O-].O=Cc1ccccc1Cl.O=S(=O)=O.O=S(=O)=O.[Na+].[Na+]. The number of halogens is 1. The van der Waals surface area contributed by atoms with E-state index in [0.717, 1.165) is 18.4 Å². The van der Waals surface area contributed by atoms with E-state index in [1.54, 1.807) is 24.3 Å². The van der Waals surface area contributed by atoms with Crippen molar-refractivity contribution in [3.63, 3.8) is 0 Å². The molecule has 0 radical (unpaired) electrons. The van der Waals surface area contributed by atoms with Crippen LogP contribution in [0.25, 0.3) is 0 Å². The minimum Gasteiger partial charge on any atom is -0.746 e. The Bertz CT molecular complexity index is 1110. The van der Waals surface area contributed by atoms with Crippen LogP contribution in [0.5, 0.6) is 0 Å². The minimum absolute atomic E-state index is 0. The third-order valence-corrected chi connectivity index (χ3v) is 3.54. The van der Waals surface area contributed by atoms with E-state index >= 15 is 0 Å². The van der Waals surface area contributed by atoms with E-state index in [0.29, 0.717) is 16.9 Å². The molecule has 0 spiro atoms. The third-order valence-electron chi connectivity index (χ3n) is 2.28. The Kier molecular flexibility index (Phi) is 25.5. The Morgan fingerprint density at radius 2 is 1.26 bits per heavy atom. The summed E-state index contributed by atoms with van der Waals surface area (Å²) in [5.74, 6) is 0. The van der Waals surface area contributed by atoms with Crippen molar-refractivity contribution in [2.45, 2.75) is 4.90 Å². The number of carbonyl (C=O) groups is 2. The van der Waals surface area contributed by atoms with E-state index in [-0.39, 0.29) is 64.7 Å². The summed E-state index contributed by atoms with van der Waals surface area (Å²) >= 11 is 5.59. The fraction of sp³-hybridized carbons (Fsp3) is 0. The van der Waals surface area contributed by atoms with Gasteiger partial charge in [0.15, 0.2) is 6.29 Å². The van der Waals surface area contributed by atoms with Crippen LogP contribution in [0.3, 0.4) is 0 Å². The van der Waals surface area contributed by atoms with Crippen LogP contribution in [0, 0.1) is 6.07 Å². The Labute approximate surface area is 229 Å². The van der Waals surface area contributed by atoms with E-state index in [1.165, 1.54) is 6.07 Å². The maximum absolute atomic E-state index is 10.5. The van der Waals surface area contributed by atoms with Gasteiger partial charge >= 0.3 is 80.3 Å². The van der Waals surface area contributed by atoms with Gasteiger partial charge in [0.1, 0.15) is 10.1 Å². The molecule has 0 bridgehead atoms. The van der Waals surface area contributed by atoms with Gasteiger partial charge in [-0.05, 0) is 11.0 Å². The Morgan fingerprint density at radius 3 is 1.55 bits per heavy atom. The molecule has 2 rings (SSSR count). The van der Waals surface area contributed by atoms with Crippen molar-refractivity contribution in [2.24, 2.45) is 0 Å². The molecule has 17 heteroatoms. The first-order chi connectivity index (χ1) is 13.4. The summed E-state index contributed by atoms with van der Waals surface area (Å²) in [7, 11) is -10.8. The molecule has 0 amide bonds. The van der Waals surface area contributed by atoms with Gasteiger partial charge in [0.25, 0.3) is 0 Å². The molecule has 0 saturated carbocycles. The third kappa shape index (κ3) is 22.2. The molecule has 0 heterocycles.